The van der Waals surface area contributed by atoms with Gasteiger partial charge in [-0.15, -0.1) is 0 Å². The van der Waals surface area contributed by atoms with Crippen LogP contribution in [0.2, 0.25) is 5.02 Å². The molecule has 1 saturated carbocycles. The summed E-state index contributed by atoms with van der Waals surface area (Å²) in [5, 5.41) is 13.5. The average Bonchev–Trinajstić information content (AvgIpc) is 3.66. The van der Waals surface area contributed by atoms with Crippen molar-refractivity contribution in [3.63, 3.8) is 0 Å². The fourth-order valence-corrected chi connectivity index (χ4v) is 7.75. The van der Waals surface area contributed by atoms with Gasteiger partial charge in [0.2, 0.25) is 11.8 Å². The second-order valence-electron chi connectivity index (χ2n) is 11.3. The molecule has 2 aromatic heterocycles. The molecular formula is C31H29ClN8O3S. The van der Waals surface area contributed by atoms with Gasteiger partial charge in [-0.25, -0.2) is 14.8 Å². The smallest absolute Gasteiger partial charge is 0.264 e. The molecular weight excluding hydrogens is 600 g/mol. The first-order valence-electron chi connectivity index (χ1n) is 14.4. The van der Waals surface area contributed by atoms with E-state index in [1.165, 1.54) is 29.5 Å². The predicted octanol–water partition coefficient (Wildman–Crippen LogP) is 4.85. The van der Waals surface area contributed by atoms with E-state index in [2.05, 4.69) is 20.2 Å². The van der Waals surface area contributed by atoms with Crippen molar-refractivity contribution >= 4 is 58.3 Å². The fraction of sp³-hybridized carbons (Fsp3) is 0.290. The number of fused-ring (bicyclic) bond motifs is 2. The predicted molar refractivity (Wildman–Crippen MR) is 169 cm³/mol. The highest BCUT2D eigenvalue weighted by Crippen LogP contribution is 2.46. The molecule has 1 saturated heterocycles. The minimum Gasteiger partial charge on any atom is -0.493 e. The lowest BCUT2D eigenvalue weighted by Crippen LogP contribution is -2.47. The number of benzene rings is 1. The number of piperidine rings is 1. The number of aliphatic hydroxyl groups is 1. The van der Waals surface area contributed by atoms with Crippen LogP contribution < -0.4 is 16.0 Å². The molecule has 3 aliphatic heterocycles. The molecule has 4 N–H and O–H groups in total. The number of anilines is 2. The summed E-state index contributed by atoms with van der Waals surface area (Å²) in [6, 6.07) is 5.51. The first kappa shape index (κ1) is 28.4. The quantitative estimate of drug-likeness (QED) is 0.338. The molecule has 1 amide bonds. The Balaban J connectivity index is 1.12. The summed E-state index contributed by atoms with van der Waals surface area (Å²) in [7, 11) is 0. The summed E-state index contributed by atoms with van der Waals surface area (Å²) in [6.07, 6.45) is 17.7. The lowest BCUT2D eigenvalue weighted by Gasteiger charge is -2.42. The van der Waals surface area contributed by atoms with E-state index in [0.29, 0.717) is 16.4 Å². The molecule has 11 nitrogen and oxygen atoms in total. The number of nitrogens with two attached hydrogens (primary N) is 1. The topological polar surface area (TPSA) is 141 Å². The number of aliphatic imine (C=N–C) groups is 1. The molecule has 224 valence electrons. The maximum Gasteiger partial charge on any atom is 0.264 e. The van der Waals surface area contributed by atoms with Crippen molar-refractivity contribution < 1.29 is 14.7 Å². The van der Waals surface area contributed by atoms with Crippen molar-refractivity contribution in [3.8, 4) is 0 Å². The molecule has 0 bridgehead atoms. The molecule has 44 heavy (non-hydrogen) atoms. The zero-order chi connectivity index (χ0) is 30.4. The van der Waals surface area contributed by atoms with Crippen LogP contribution in [0.25, 0.3) is 5.65 Å². The third kappa shape index (κ3) is 4.80. The van der Waals surface area contributed by atoms with Gasteiger partial charge in [0.1, 0.15) is 11.4 Å². The normalized spacial score (nSPS) is 20.7. The van der Waals surface area contributed by atoms with Crippen LogP contribution in [0.1, 0.15) is 32.1 Å². The Morgan fingerprint density at radius 2 is 2.02 bits per heavy atom. The summed E-state index contributed by atoms with van der Waals surface area (Å²) >= 11 is 8.16. The summed E-state index contributed by atoms with van der Waals surface area (Å²) in [5.41, 5.74) is 7.34. The number of hydrogen-bond acceptors (Lipinski definition) is 10. The molecule has 2 fully saturated rings. The number of imidazole rings is 1. The standard InChI is InChI=1S/C31H29ClN8O3S/c32-26-19(36-28(42)25-20(18-41)39-13-2-1-8-24(39)37-29(25)43)5-3-6-21(26)44-22-17-35-30(40-16-12-34-27(22)40)38-14-10-31(11-15-38)9-4-7-23(31)33/h1-3,5-6,8,12-13,16-17,23,43H,4,7,9-11,14-15,33H2,(H,36,42)/t23-/m1/s1. The number of aliphatic hydroxyl groups excluding tert-OH is 1. The van der Waals surface area contributed by atoms with Crippen molar-refractivity contribution in [1.29, 1.82) is 0 Å². The molecule has 7 rings (SSSR count). The van der Waals surface area contributed by atoms with E-state index in [0.717, 1.165) is 48.8 Å². The Hall–Kier alpha value is -4.35. The van der Waals surface area contributed by atoms with E-state index in [9.17, 15) is 14.7 Å². The van der Waals surface area contributed by atoms with E-state index in [-0.39, 0.29) is 27.7 Å². The van der Waals surface area contributed by atoms with Crippen LogP contribution in [0.3, 0.4) is 0 Å². The molecule has 3 aromatic rings. The number of carbonyl (C=O) groups excluding carboxylic acids is 2. The molecule has 0 radical (unpaired) electrons. The second-order valence-corrected chi connectivity index (χ2v) is 12.7. The summed E-state index contributed by atoms with van der Waals surface area (Å²) in [6.45, 7) is 1.80. The largest absolute Gasteiger partial charge is 0.493 e. The van der Waals surface area contributed by atoms with E-state index in [1.54, 1.807) is 54.9 Å². The van der Waals surface area contributed by atoms with Gasteiger partial charge in [0.05, 0.1) is 15.6 Å². The lowest BCUT2D eigenvalue weighted by atomic mass is 9.74. The number of allylic oxidation sites excluding steroid dienone is 2. The van der Waals surface area contributed by atoms with Gasteiger partial charge in [0.25, 0.3) is 5.91 Å². The van der Waals surface area contributed by atoms with Crippen LogP contribution in [0.15, 0.2) is 93.2 Å². The summed E-state index contributed by atoms with van der Waals surface area (Å²) < 4.78 is 2.00. The van der Waals surface area contributed by atoms with Crippen LogP contribution in [0.5, 0.6) is 0 Å². The van der Waals surface area contributed by atoms with Gasteiger partial charge >= 0.3 is 0 Å². The Morgan fingerprint density at radius 1 is 1.18 bits per heavy atom. The number of nitrogens with zero attached hydrogens (tertiary/aromatic N) is 6. The first-order chi connectivity index (χ1) is 21.4. The van der Waals surface area contributed by atoms with Gasteiger partial charge in [-0.2, -0.15) is 4.99 Å². The SMILES string of the molecule is N[C@@H]1CCCC12CCN(c1ncc(Sc3cccc(NC(=O)C4=C(O)N=C5C=CC=CN5C4=C=O)c3Cl)c3nccn13)CC2. The number of rotatable bonds is 5. The molecule has 13 heteroatoms. The van der Waals surface area contributed by atoms with Crippen molar-refractivity contribution in [2.24, 2.45) is 16.1 Å². The first-order valence-corrected chi connectivity index (χ1v) is 15.6. The Labute approximate surface area is 262 Å². The van der Waals surface area contributed by atoms with Gasteiger partial charge in [0.15, 0.2) is 17.3 Å². The molecule has 1 atom stereocenters. The van der Waals surface area contributed by atoms with E-state index in [1.807, 2.05) is 16.7 Å². The number of hydrogen-bond donors (Lipinski definition) is 3. The molecule has 1 aromatic carbocycles. The van der Waals surface area contributed by atoms with E-state index < -0.39 is 11.8 Å². The van der Waals surface area contributed by atoms with E-state index >= 15 is 0 Å². The van der Waals surface area contributed by atoms with Crippen molar-refractivity contribution in [3.05, 3.63) is 83.4 Å². The van der Waals surface area contributed by atoms with Crippen molar-refractivity contribution in [2.75, 3.05) is 23.3 Å². The second kappa shape index (κ2) is 11.3. The highest BCUT2D eigenvalue weighted by Gasteiger charge is 2.43. The maximum atomic E-state index is 13.3. The Kier molecular flexibility index (Phi) is 7.30. The van der Waals surface area contributed by atoms with Crippen LogP contribution >= 0.6 is 23.4 Å². The van der Waals surface area contributed by atoms with E-state index in [4.69, 9.17) is 22.3 Å². The van der Waals surface area contributed by atoms with Gasteiger partial charge in [-0.05, 0) is 55.4 Å². The molecule has 1 spiro atoms. The monoisotopic (exact) mass is 628 g/mol. The van der Waals surface area contributed by atoms with Crippen LogP contribution in [0.4, 0.5) is 11.6 Å². The lowest BCUT2D eigenvalue weighted by molar-refractivity contribution is -0.112. The molecule has 5 heterocycles. The number of aromatic nitrogens is 3. The van der Waals surface area contributed by atoms with Crippen LogP contribution in [-0.2, 0) is 9.59 Å². The number of nitrogens with one attached hydrogen (secondary N) is 1. The average molecular weight is 629 g/mol. The van der Waals surface area contributed by atoms with Crippen LogP contribution in [-0.4, -0.2) is 61.2 Å². The highest BCUT2D eigenvalue weighted by atomic mass is 35.5. The zero-order valence-corrected chi connectivity index (χ0v) is 25.2. The highest BCUT2D eigenvalue weighted by molar-refractivity contribution is 7.99. The summed E-state index contributed by atoms with van der Waals surface area (Å²) in [4.78, 5) is 43.8. The maximum absolute atomic E-state index is 13.3. The molecule has 0 unspecified atom stereocenters. The van der Waals surface area contributed by atoms with Gasteiger partial charge in [-0.1, -0.05) is 41.9 Å². The number of halogens is 1. The zero-order valence-electron chi connectivity index (χ0n) is 23.6. The third-order valence-corrected chi connectivity index (χ3v) is 10.5. The van der Waals surface area contributed by atoms with Crippen molar-refractivity contribution in [1.82, 2.24) is 19.3 Å². The summed E-state index contributed by atoms with van der Waals surface area (Å²) in [5.74, 6) is 1.56. The molecule has 4 aliphatic rings. The van der Waals surface area contributed by atoms with Crippen LogP contribution in [0, 0.1) is 5.41 Å². The number of amides is 1. The Bertz CT molecular complexity index is 1850. The number of carbonyl (C=O) groups is 1. The fourth-order valence-electron chi connectivity index (χ4n) is 6.53. The van der Waals surface area contributed by atoms with Gasteiger partial charge < -0.3 is 21.1 Å². The van der Waals surface area contributed by atoms with Gasteiger partial charge in [0, 0.05) is 48.8 Å². The third-order valence-electron chi connectivity index (χ3n) is 8.91. The minimum atomic E-state index is -0.751. The Morgan fingerprint density at radius 3 is 2.80 bits per heavy atom. The minimum absolute atomic E-state index is 0.157. The number of amidine groups is 1. The van der Waals surface area contributed by atoms with Gasteiger partial charge in [-0.3, -0.25) is 14.1 Å². The molecule has 1 aliphatic carbocycles. The van der Waals surface area contributed by atoms with Crippen molar-refractivity contribution in [2.45, 2.75) is 47.9 Å².